The first-order valence-corrected chi connectivity index (χ1v) is 11.7. The van der Waals surface area contributed by atoms with Gasteiger partial charge in [-0.05, 0) is 38.8 Å². The van der Waals surface area contributed by atoms with Crippen molar-refractivity contribution in [1.29, 1.82) is 0 Å². The average Bonchev–Trinajstić information content (AvgIpc) is 2.77. The molecular formula is C23H40N6O. The van der Waals surface area contributed by atoms with Gasteiger partial charge in [0, 0.05) is 63.7 Å². The van der Waals surface area contributed by atoms with Gasteiger partial charge in [0.15, 0.2) is 0 Å². The lowest BCUT2D eigenvalue weighted by molar-refractivity contribution is 0.0631. The first-order chi connectivity index (χ1) is 14.4. The maximum atomic E-state index is 13.0. The molecule has 2 atom stereocenters. The van der Waals surface area contributed by atoms with E-state index in [2.05, 4.69) is 59.4 Å². The Morgan fingerprint density at radius 3 is 2.10 bits per heavy atom. The van der Waals surface area contributed by atoms with E-state index in [0.29, 0.717) is 17.6 Å². The average molecular weight is 417 g/mol. The summed E-state index contributed by atoms with van der Waals surface area (Å²) in [5.74, 6) is 1.54. The summed E-state index contributed by atoms with van der Waals surface area (Å²) in [6.45, 7) is 15.6. The molecule has 2 aliphatic rings. The Morgan fingerprint density at radius 1 is 1.03 bits per heavy atom. The van der Waals surface area contributed by atoms with Crippen LogP contribution < -0.4 is 4.90 Å². The summed E-state index contributed by atoms with van der Waals surface area (Å²) in [7, 11) is 2.19. The minimum absolute atomic E-state index is 0.0579. The Kier molecular flexibility index (Phi) is 8.06. The van der Waals surface area contributed by atoms with E-state index in [1.807, 2.05) is 4.90 Å². The van der Waals surface area contributed by atoms with Crippen LogP contribution in [0.2, 0.25) is 0 Å². The van der Waals surface area contributed by atoms with E-state index in [9.17, 15) is 4.79 Å². The summed E-state index contributed by atoms with van der Waals surface area (Å²) in [5, 5.41) is 0. The van der Waals surface area contributed by atoms with Crippen LogP contribution in [-0.4, -0.2) is 95.5 Å². The molecule has 168 valence electrons. The number of hydrogen-bond acceptors (Lipinski definition) is 6. The number of nitrogens with zero attached hydrogens (tertiary/aromatic N) is 6. The summed E-state index contributed by atoms with van der Waals surface area (Å²) in [4.78, 5) is 31.4. The lowest BCUT2D eigenvalue weighted by atomic mass is 10.0. The van der Waals surface area contributed by atoms with Crippen LogP contribution >= 0.6 is 0 Å². The number of hydrogen-bond donors (Lipinski definition) is 0. The minimum Gasteiger partial charge on any atom is -0.336 e. The van der Waals surface area contributed by atoms with Crippen LogP contribution in [0.1, 0.15) is 57.3 Å². The predicted octanol–water partition coefficient (Wildman–Crippen LogP) is 2.59. The summed E-state index contributed by atoms with van der Waals surface area (Å²) >= 11 is 0. The van der Waals surface area contributed by atoms with E-state index < -0.39 is 0 Å². The second-order valence-corrected chi connectivity index (χ2v) is 9.34. The van der Waals surface area contributed by atoms with Crippen molar-refractivity contribution in [3.63, 3.8) is 0 Å². The third-order valence-corrected chi connectivity index (χ3v) is 6.57. The molecule has 3 rings (SSSR count). The zero-order valence-electron chi connectivity index (χ0n) is 19.5. The molecule has 2 unspecified atom stereocenters. The fourth-order valence-electron chi connectivity index (χ4n) is 4.61. The van der Waals surface area contributed by atoms with Crippen LogP contribution in [0.3, 0.4) is 0 Å². The Morgan fingerprint density at radius 2 is 1.60 bits per heavy atom. The van der Waals surface area contributed by atoms with E-state index >= 15 is 0 Å². The van der Waals surface area contributed by atoms with Gasteiger partial charge in [-0.15, -0.1) is 0 Å². The van der Waals surface area contributed by atoms with Gasteiger partial charge in [-0.1, -0.05) is 27.7 Å². The smallest absolute Gasteiger partial charge is 0.257 e. The third kappa shape index (κ3) is 5.49. The maximum Gasteiger partial charge on any atom is 0.257 e. The maximum absolute atomic E-state index is 13.0. The molecule has 2 saturated heterocycles. The Hall–Kier alpha value is -1.73. The van der Waals surface area contributed by atoms with Crippen molar-refractivity contribution < 1.29 is 4.79 Å². The van der Waals surface area contributed by atoms with Gasteiger partial charge in [0.25, 0.3) is 5.91 Å². The Labute approximate surface area is 182 Å². The van der Waals surface area contributed by atoms with Gasteiger partial charge >= 0.3 is 0 Å². The molecule has 0 aromatic carbocycles. The van der Waals surface area contributed by atoms with E-state index in [4.69, 9.17) is 0 Å². The highest BCUT2D eigenvalue weighted by atomic mass is 16.2. The van der Waals surface area contributed by atoms with E-state index in [1.54, 1.807) is 12.4 Å². The van der Waals surface area contributed by atoms with Crippen molar-refractivity contribution in [2.24, 2.45) is 5.92 Å². The number of carbonyl (C=O) groups is 1. The second-order valence-electron chi connectivity index (χ2n) is 9.34. The highest BCUT2D eigenvalue weighted by Gasteiger charge is 2.33. The van der Waals surface area contributed by atoms with Crippen molar-refractivity contribution in [2.75, 3.05) is 57.8 Å². The van der Waals surface area contributed by atoms with Gasteiger partial charge in [-0.2, -0.15) is 0 Å². The number of piperazine rings is 2. The van der Waals surface area contributed by atoms with Crippen molar-refractivity contribution in [3.8, 4) is 0 Å². The summed E-state index contributed by atoms with van der Waals surface area (Å²) in [5.41, 5.74) is 0.601. The first kappa shape index (κ1) is 22.9. The van der Waals surface area contributed by atoms with Crippen LogP contribution in [-0.2, 0) is 0 Å². The molecule has 7 nitrogen and oxygen atoms in total. The number of likely N-dealkylation sites (N-methyl/N-ethyl adjacent to an activating group) is 1. The van der Waals surface area contributed by atoms with E-state index in [-0.39, 0.29) is 5.91 Å². The molecule has 0 radical (unpaired) electrons. The standard InChI is InChI=1S/C23H40N6O/c1-6-20-16-26(5)17-21(7-2)29(20)23-24-14-19(15-25-23)22(30)28-12-10-27(11-13-28)9-8-18(3)4/h14-15,18,20-21H,6-13,16-17H2,1-5H3. The minimum atomic E-state index is 0.0579. The van der Waals surface area contributed by atoms with Gasteiger partial charge in [0.1, 0.15) is 0 Å². The largest absolute Gasteiger partial charge is 0.336 e. The number of amides is 1. The van der Waals surface area contributed by atoms with E-state index in [1.165, 1.54) is 6.42 Å². The molecule has 3 heterocycles. The topological polar surface area (TPSA) is 55.8 Å². The van der Waals surface area contributed by atoms with Gasteiger partial charge in [0.2, 0.25) is 5.95 Å². The van der Waals surface area contributed by atoms with Gasteiger partial charge in [0.05, 0.1) is 5.56 Å². The van der Waals surface area contributed by atoms with E-state index in [0.717, 1.165) is 70.5 Å². The lowest BCUT2D eigenvalue weighted by Crippen LogP contribution is -2.58. The number of rotatable bonds is 7. The van der Waals surface area contributed by atoms with Crippen molar-refractivity contribution >= 4 is 11.9 Å². The molecule has 1 aromatic rings. The first-order valence-electron chi connectivity index (χ1n) is 11.7. The molecule has 0 spiro atoms. The Bertz CT molecular complexity index is 657. The molecular weight excluding hydrogens is 376 g/mol. The molecule has 2 fully saturated rings. The van der Waals surface area contributed by atoms with Gasteiger partial charge in [-0.25, -0.2) is 9.97 Å². The number of aromatic nitrogens is 2. The fraction of sp³-hybridized carbons (Fsp3) is 0.783. The summed E-state index contributed by atoms with van der Waals surface area (Å²) in [6, 6.07) is 0.823. The third-order valence-electron chi connectivity index (χ3n) is 6.57. The van der Waals surface area contributed by atoms with Crippen LogP contribution in [0.5, 0.6) is 0 Å². The molecule has 1 aromatic heterocycles. The van der Waals surface area contributed by atoms with Crippen LogP contribution in [0.25, 0.3) is 0 Å². The highest BCUT2D eigenvalue weighted by Crippen LogP contribution is 2.24. The zero-order valence-corrected chi connectivity index (χ0v) is 19.5. The molecule has 0 saturated carbocycles. The van der Waals surface area contributed by atoms with Gasteiger partial charge in [-0.3, -0.25) is 9.69 Å². The normalized spacial score (nSPS) is 23.9. The molecule has 1 amide bonds. The predicted molar refractivity (Wildman–Crippen MR) is 122 cm³/mol. The summed E-state index contributed by atoms with van der Waals surface area (Å²) < 4.78 is 0. The monoisotopic (exact) mass is 416 g/mol. The van der Waals surface area contributed by atoms with Crippen molar-refractivity contribution in [1.82, 2.24) is 24.7 Å². The molecule has 0 aliphatic carbocycles. The summed E-state index contributed by atoms with van der Waals surface area (Å²) in [6.07, 6.45) is 6.80. The van der Waals surface area contributed by atoms with Crippen molar-refractivity contribution in [2.45, 2.75) is 59.0 Å². The van der Waals surface area contributed by atoms with Crippen LogP contribution in [0.15, 0.2) is 12.4 Å². The Balaban J connectivity index is 1.62. The molecule has 7 heteroatoms. The fourth-order valence-corrected chi connectivity index (χ4v) is 4.61. The van der Waals surface area contributed by atoms with Gasteiger partial charge < -0.3 is 14.7 Å². The lowest BCUT2D eigenvalue weighted by Gasteiger charge is -2.45. The van der Waals surface area contributed by atoms with Crippen LogP contribution in [0, 0.1) is 5.92 Å². The molecule has 0 bridgehead atoms. The zero-order chi connectivity index (χ0) is 21.7. The highest BCUT2D eigenvalue weighted by molar-refractivity contribution is 5.93. The molecule has 30 heavy (non-hydrogen) atoms. The quantitative estimate of drug-likeness (QED) is 0.681. The van der Waals surface area contributed by atoms with Crippen molar-refractivity contribution in [3.05, 3.63) is 18.0 Å². The number of carbonyl (C=O) groups excluding carboxylic acids is 1. The second kappa shape index (κ2) is 10.5. The SMILES string of the molecule is CCC1CN(C)CC(CC)N1c1ncc(C(=O)N2CCN(CCC(C)C)CC2)cn1. The van der Waals surface area contributed by atoms with Crippen LogP contribution in [0.4, 0.5) is 5.95 Å². The molecule has 2 aliphatic heterocycles. The molecule has 0 N–H and O–H groups in total. The number of anilines is 1.